The summed E-state index contributed by atoms with van der Waals surface area (Å²) in [6, 6.07) is 8.01. The molecule has 35 heavy (non-hydrogen) atoms. The van der Waals surface area contributed by atoms with Crippen molar-refractivity contribution in [1.82, 2.24) is 19.9 Å². The molecule has 186 valence electrons. The van der Waals surface area contributed by atoms with Gasteiger partial charge in [-0.25, -0.2) is 9.97 Å². The number of nitrogens with zero attached hydrogens (tertiary/aromatic N) is 6. The van der Waals surface area contributed by atoms with Crippen LogP contribution in [0, 0.1) is 0 Å². The van der Waals surface area contributed by atoms with Crippen molar-refractivity contribution in [2.75, 3.05) is 61.7 Å². The highest BCUT2D eigenvalue weighted by Crippen LogP contribution is 2.52. The van der Waals surface area contributed by atoms with Crippen LogP contribution in [-0.2, 0) is 0 Å². The first kappa shape index (κ1) is 25.3. The Morgan fingerprint density at radius 3 is 1.63 bits per heavy atom. The van der Waals surface area contributed by atoms with Gasteiger partial charge in [-0.1, -0.05) is 37.6 Å². The highest BCUT2D eigenvalue weighted by molar-refractivity contribution is 7.99. The molecule has 2 N–H and O–H groups in total. The van der Waals surface area contributed by atoms with Crippen molar-refractivity contribution in [1.29, 1.82) is 0 Å². The smallest absolute Gasteiger partial charge is 0.227 e. The van der Waals surface area contributed by atoms with Crippen molar-refractivity contribution in [3.05, 3.63) is 46.0 Å². The van der Waals surface area contributed by atoms with Crippen molar-refractivity contribution in [3.8, 4) is 0 Å². The fourth-order valence-corrected chi connectivity index (χ4v) is 5.14. The van der Waals surface area contributed by atoms with E-state index in [2.05, 4.69) is 36.6 Å². The molecule has 0 amide bonds. The summed E-state index contributed by atoms with van der Waals surface area (Å²) in [6.07, 6.45) is 1.98. The zero-order valence-electron chi connectivity index (χ0n) is 21.2. The molecule has 0 fully saturated rings. The first-order valence-corrected chi connectivity index (χ1v) is 13.1. The van der Waals surface area contributed by atoms with E-state index in [9.17, 15) is 0 Å². The number of benzene rings is 1. The maximum absolute atomic E-state index is 6.27. The van der Waals surface area contributed by atoms with Crippen molar-refractivity contribution in [2.24, 2.45) is 0 Å². The summed E-state index contributed by atoms with van der Waals surface area (Å²) in [6.45, 7) is 5.94. The quantitative estimate of drug-likeness (QED) is 0.289. The third-order valence-electron chi connectivity index (χ3n) is 5.66. The number of aromatic nitrogens is 4. The lowest BCUT2D eigenvalue weighted by Gasteiger charge is -2.31. The third kappa shape index (κ3) is 5.26. The van der Waals surface area contributed by atoms with Crippen molar-refractivity contribution in [3.63, 3.8) is 0 Å². The van der Waals surface area contributed by atoms with Gasteiger partial charge in [-0.3, -0.25) is 0 Å². The summed E-state index contributed by atoms with van der Waals surface area (Å²) in [5, 5.41) is 9.64. The number of fused-ring (bicyclic) bond motifs is 2. The van der Waals surface area contributed by atoms with Gasteiger partial charge in [0.2, 0.25) is 11.9 Å². The van der Waals surface area contributed by atoms with Crippen LogP contribution in [0.15, 0.2) is 34.3 Å². The third-order valence-corrected chi connectivity index (χ3v) is 6.92. The normalized spacial score (nSPS) is 12.7. The van der Waals surface area contributed by atoms with E-state index in [0.717, 1.165) is 64.3 Å². The van der Waals surface area contributed by atoms with Gasteiger partial charge in [0.25, 0.3) is 0 Å². The fourth-order valence-electron chi connectivity index (χ4n) is 3.93. The molecule has 10 heteroatoms. The largest absolute Gasteiger partial charge is 0.370 e. The van der Waals surface area contributed by atoms with Gasteiger partial charge in [0, 0.05) is 63.3 Å². The van der Waals surface area contributed by atoms with Gasteiger partial charge < -0.3 is 20.4 Å². The van der Waals surface area contributed by atoms with Crippen LogP contribution >= 0.6 is 23.4 Å². The van der Waals surface area contributed by atoms with Gasteiger partial charge >= 0.3 is 0 Å². The van der Waals surface area contributed by atoms with Gasteiger partial charge in [-0.05, 0) is 42.3 Å². The second-order valence-electron chi connectivity index (χ2n) is 8.91. The van der Waals surface area contributed by atoms with Gasteiger partial charge in [0.05, 0.1) is 0 Å². The van der Waals surface area contributed by atoms with Crippen LogP contribution in [0.4, 0.5) is 23.5 Å². The topological polar surface area (TPSA) is 82.1 Å². The monoisotopic (exact) mass is 512 g/mol. The first-order valence-electron chi connectivity index (χ1n) is 11.9. The molecule has 3 aromatic rings. The number of hydrogen-bond donors (Lipinski definition) is 2. The molecular weight excluding hydrogens is 480 g/mol. The lowest BCUT2D eigenvalue weighted by molar-refractivity contribution is 0.792. The van der Waals surface area contributed by atoms with Crippen LogP contribution in [0.2, 0.25) is 5.02 Å². The predicted molar refractivity (Wildman–Crippen MR) is 147 cm³/mol. The Hall–Kier alpha value is -2.78. The van der Waals surface area contributed by atoms with Crippen LogP contribution in [0.3, 0.4) is 0 Å². The van der Waals surface area contributed by atoms with Gasteiger partial charge in [-0.15, -0.1) is 0 Å². The lowest BCUT2D eigenvalue weighted by atomic mass is 9.86. The van der Waals surface area contributed by atoms with Gasteiger partial charge in [-0.2, -0.15) is 9.97 Å². The molecule has 0 aliphatic carbocycles. The molecule has 0 saturated carbocycles. The maximum Gasteiger partial charge on any atom is 0.227 e. The highest BCUT2D eigenvalue weighted by Gasteiger charge is 2.37. The molecule has 0 radical (unpaired) electrons. The number of halogens is 1. The van der Waals surface area contributed by atoms with Crippen LogP contribution in [0.25, 0.3) is 0 Å². The minimum atomic E-state index is -0.148. The maximum atomic E-state index is 6.27. The lowest BCUT2D eigenvalue weighted by Crippen LogP contribution is -2.23. The second-order valence-corrected chi connectivity index (χ2v) is 10.3. The fraction of sp³-hybridized carbons (Fsp3) is 0.440. The first-order chi connectivity index (χ1) is 16.8. The summed E-state index contributed by atoms with van der Waals surface area (Å²) in [5.74, 6) is 2.87. The Labute approximate surface area is 216 Å². The van der Waals surface area contributed by atoms with E-state index in [1.54, 1.807) is 11.8 Å². The van der Waals surface area contributed by atoms with Gasteiger partial charge in [0.1, 0.15) is 21.7 Å². The molecule has 1 aliphatic heterocycles. The summed E-state index contributed by atoms with van der Waals surface area (Å²) in [4.78, 5) is 23.6. The van der Waals surface area contributed by atoms with Crippen molar-refractivity contribution in [2.45, 2.75) is 42.7 Å². The van der Waals surface area contributed by atoms with Crippen LogP contribution in [0.5, 0.6) is 0 Å². The Bertz CT molecular complexity index is 1110. The SMILES string of the molecule is CCCNc1nc(N(C)C)nc2c1C(c1ccc(Cl)cc1)c1c(NCCC)nc(N(C)C)nc1S2. The van der Waals surface area contributed by atoms with Crippen molar-refractivity contribution >= 4 is 46.9 Å². The molecule has 8 nitrogen and oxygen atoms in total. The number of hydrogen-bond acceptors (Lipinski definition) is 9. The zero-order chi connectivity index (χ0) is 25.1. The summed E-state index contributed by atoms with van der Waals surface area (Å²) in [7, 11) is 7.84. The van der Waals surface area contributed by atoms with Crippen molar-refractivity contribution < 1.29 is 0 Å². The van der Waals surface area contributed by atoms with E-state index < -0.39 is 0 Å². The van der Waals surface area contributed by atoms with Crippen LogP contribution in [-0.4, -0.2) is 61.2 Å². The molecule has 0 atom stereocenters. The van der Waals surface area contributed by atoms with E-state index in [1.807, 2.05) is 50.1 Å². The molecule has 0 saturated heterocycles. The second kappa shape index (κ2) is 10.9. The molecule has 0 spiro atoms. The molecule has 3 heterocycles. The van der Waals surface area contributed by atoms with Gasteiger partial charge in [0.15, 0.2) is 0 Å². The standard InChI is InChI=1S/C25H33ClN8S/c1-7-13-27-20-18-17(15-9-11-16(26)12-10-15)19-21(28-14-8-2)30-25(34(5)6)32-23(19)35-22(18)31-24(29-20)33(3)4/h9-12,17H,7-8,13-14H2,1-6H3,(H,27,29,31)(H,28,30,32). The number of rotatable bonds is 9. The molecule has 0 bridgehead atoms. The predicted octanol–water partition coefficient (Wildman–Crippen LogP) is 5.34. The van der Waals surface area contributed by atoms with Crippen LogP contribution < -0.4 is 20.4 Å². The Morgan fingerprint density at radius 2 is 1.23 bits per heavy atom. The van der Waals surface area contributed by atoms with E-state index in [0.29, 0.717) is 16.9 Å². The molecule has 0 unspecified atom stereocenters. The summed E-state index contributed by atoms with van der Waals surface area (Å²) >= 11 is 7.85. The Kier molecular flexibility index (Phi) is 7.86. The van der Waals surface area contributed by atoms with E-state index in [1.165, 1.54) is 0 Å². The minimum Gasteiger partial charge on any atom is -0.370 e. The van der Waals surface area contributed by atoms with E-state index >= 15 is 0 Å². The molecule has 1 aliphatic rings. The molecule has 2 aromatic heterocycles. The molecule has 4 rings (SSSR count). The highest BCUT2D eigenvalue weighted by atomic mass is 35.5. The zero-order valence-corrected chi connectivity index (χ0v) is 22.8. The average Bonchev–Trinajstić information content (AvgIpc) is 2.84. The van der Waals surface area contributed by atoms with E-state index in [4.69, 9.17) is 31.5 Å². The molecular formula is C25H33ClN8S. The summed E-state index contributed by atoms with van der Waals surface area (Å²) in [5.41, 5.74) is 3.19. The minimum absolute atomic E-state index is 0.148. The number of nitrogens with one attached hydrogen (secondary N) is 2. The number of anilines is 4. The Morgan fingerprint density at radius 1 is 0.771 bits per heavy atom. The Balaban J connectivity index is 2.02. The molecule has 1 aromatic carbocycles. The average molecular weight is 513 g/mol. The van der Waals surface area contributed by atoms with E-state index in [-0.39, 0.29) is 5.92 Å². The van der Waals surface area contributed by atoms with Crippen LogP contribution in [0.1, 0.15) is 49.3 Å². The summed E-state index contributed by atoms with van der Waals surface area (Å²) < 4.78 is 0.